The maximum absolute atomic E-state index is 2.65. The first kappa shape index (κ1) is 20.5. The Hall–Kier alpha value is -0.563. The summed E-state index contributed by atoms with van der Waals surface area (Å²) in [5, 5.41) is 1.57. The van der Waals surface area contributed by atoms with Crippen LogP contribution in [0.4, 0.5) is 0 Å². The summed E-state index contributed by atoms with van der Waals surface area (Å²) in [4.78, 5) is 0. The molecule has 1 radical (unpaired) electrons. The maximum atomic E-state index is 2.65. The third kappa shape index (κ3) is 10.0. The molecule has 1 aromatic carbocycles. The van der Waals surface area contributed by atoms with Crippen molar-refractivity contribution in [2.75, 3.05) is 0 Å². The summed E-state index contributed by atoms with van der Waals surface area (Å²) >= 11 is 0. The highest BCUT2D eigenvalue weighted by Crippen LogP contribution is 2.15. The van der Waals surface area contributed by atoms with Crippen LogP contribution in [-0.4, -0.2) is 8.07 Å². The summed E-state index contributed by atoms with van der Waals surface area (Å²) in [6, 6.07) is 13.8. The molecule has 0 spiro atoms. The summed E-state index contributed by atoms with van der Waals surface area (Å²) in [7, 11) is -1.30. The van der Waals surface area contributed by atoms with Gasteiger partial charge in [0.15, 0.2) is 0 Å². The molecule has 0 fully saturated rings. The van der Waals surface area contributed by atoms with E-state index in [9.17, 15) is 0 Å². The quantitative estimate of drug-likeness (QED) is 0.253. The molecule has 23 heavy (non-hydrogen) atoms. The van der Waals surface area contributed by atoms with Gasteiger partial charge in [-0.15, -0.1) is 0 Å². The topological polar surface area (TPSA) is 0 Å². The third-order valence-corrected chi connectivity index (χ3v) is 8.11. The van der Waals surface area contributed by atoms with Crippen molar-refractivity contribution in [3.63, 3.8) is 0 Å². The summed E-state index contributed by atoms with van der Waals surface area (Å²) in [5.41, 5.74) is 0. The van der Waals surface area contributed by atoms with E-state index in [4.69, 9.17) is 0 Å². The third-order valence-electron chi connectivity index (χ3n) is 4.98. The molecule has 0 saturated heterocycles. The Morgan fingerprint density at radius 1 is 0.696 bits per heavy atom. The number of hydrogen-bond acceptors (Lipinski definition) is 0. The van der Waals surface area contributed by atoms with Gasteiger partial charge in [0, 0.05) is 0 Å². The fraction of sp³-hybridized carbons (Fsp3) is 0.682. The monoisotopic (exact) mass is 331 g/mol. The molecular formula is C22H39Si. The van der Waals surface area contributed by atoms with Crippen molar-refractivity contribution in [3.05, 3.63) is 36.4 Å². The van der Waals surface area contributed by atoms with Crippen molar-refractivity contribution < 1.29 is 0 Å². The van der Waals surface area contributed by atoms with Crippen LogP contribution < -0.4 is 5.19 Å². The second-order valence-corrected chi connectivity index (χ2v) is 12.0. The van der Waals surface area contributed by atoms with E-state index in [0.29, 0.717) is 0 Å². The number of unbranched alkanes of at least 4 members (excludes halogenated alkanes) is 11. The molecule has 0 heterocycles. The lowest BCUT2D eigenvalue weighted by Gasteiger charge is -2.22. The van der Waals surface area contributed by atoms with Crippen LogP contribution in [0.5, 0.6) is 0 Å². The molecule has 1 rings (SSSR count). The molecule has 0 atom stereocenters. The minimum absolute atomic E-state index is 1.30. The van der Waals surface area contributed by atoms with Crippen molar-refractivity contribution in [2.45, 2.75) is 97.1 Å². The molecule has 1 heteroatoms. The molecule has 0 amide bonds. The van der Waals surface area contributed by atoms with Crippen LogP contribution in [0.3, 0.4) is 0 Å². The van der Waals surface area contributed by atoms with Crippen LogP contribution >= 0.6 is 0 Å². The minimum atomic E-state index is -1.30. The van der Waals surface area contributed by atoms with E-state index in [1.165, 1.54) is 77.0 Å². The average Bonchev–Trinajstić information content (AvgIpc) is 2.56. The van der Waals surface area contributed by atoms with E-state index < -0.39 is 8.07 Å². The first-order chi connectivity index (χ1) is 11.2. The minimum Gasteiger partial charge on any atom is -0.0654 e. The summed E-state index contributed by atoms with van der Waals surface area (Å²) in [6.07, 6.45) is 17.1. The Balaban J connectivity index is 1.93. The van der Waals surface area contributed by atoms with Crippen molar-refractivity contribution in [2.24, 2.45) is 0 Å². The van der Waals surface area contributed by atoms with Crippen LogP contribution in [0.1, 0.15) is 84.0 Å². The van der Waals surface area contributed by atoms with Gasteiger partial charge in [-0.1, -0.05) is 133 Å². The van der Waals surface area contributed by atoms with Crippen LogP contribution in [0.2, 0.25) is 13.1 Å². The second kappa shape index (κ2) is 12.8. The van der Waals surface area contributed by atoms with Gasteiger partial charge in [-0.3, -0.25) is 0 Å². The largest absolute Gasteiger partial charge is 0.0836 e. The SMILES string of the molecule is CCCCCCCCCCCCC[CH][Si](C)(C)c1ccccc1. The van der Waals surface area contributed by atoms with Crippen LogP contribution in [-0.2, 0) is 0 Å². The predicted molar refractivity (Wildman–Crippen MR) is 109 cm³/mol. The standard InChI is InChI=1S/C22H39Si/c1-4-5-6-7-8-9-10-11-12-13-14-18-21-23(2,3)22-19-16-15-17-20-22/h15-17,19-21H,4-14,18H2,1-3H3. The van der Waals surface area contributed by atoms with E-state index in [2.05, 4.69) is 56.4 Å². The number of benzene rings is 1. The van der Waals surface area contributed by atoms with Gasteiger partial charge in [0.05, 0.1) is 8.07 Å². The average molecular weight is 332 g/mol. The van der Waals surface area contributed by atoms with Crippen LogP contribution in [0, 0.1) is 6.04 Å². The Morgan fingerprint density at radius 2 is 1.17 bits per heavy atom. The normalized spacial score (nSPS) is 11.8. The molecule has 0 N–H and O–H groups in total. The van der Waals surface area contributed by atoms with Gasteiger partial charge in [0.1, 0.15) is 0 Å². The van der Waals surface area contributed by atoms with E-state index in [-0.39, 0.29) is 0 Å². The first-order valence-electron chi connectivity index (χ1n) is 10.1. The van der Waals surface area contributed by atoms with Gasteiger partial charge in [0.25, 0.3) is 0 Å². The fourth-order valence-corrected chi connectivity index (χ4v) is 5.47. The summed E-state index contributed by atoms with van der Waals surface area (Å²) in [6.45, 7) is 7.24. The molecule has 1 aromatic rings. The van der Waals surface area contributed by atoms with Gasteiger partial charge in [-0.25, -0.2) is 0 Å². The highest BCUT2D eigenvalue weighted by molar-refractivity contribution is 6.92. The molecule has 0 aliphatic rings. The van der Waals surface area contributed by atoms with Crippen molar-refractivity contribution in [3.8, 4) is 0 Å². The zero-order valence-corrected chi connectivity index (χ0v) is 16.9. The predicted octanol–water partition coefficient (Wildman–Crippen LogP) is 7.05. The van der Waals surface area contributed by atoms with Gasteiger partial charge >= 0.3 is 0 Å². The molecule has 0 aliphatic carbocycles. The molecular weight excluding hydrogens is 292 g/mol. The zero-order valence-electron chi connectivity index (χ0n) is 15.9. The van der Waals surface area contributed by atoms with Crippen molar-refractivity contribution in [1.82, 2.24) is 0 Å². The lowest BCUT2D eigenvalue weighted by Crippen LogP contribution is -2.42. The molecule has 0 nitrogen and oxygen atoms in total. The first-order valence-corrected chi connectivity index (χ1v) is 13.1. The highest BCUT2D eigenvalue weighted by atomic mass is 28.3. The molecule has 0 unspecified atom stereocenters. The van der Waals surface area contributed by atoms with E-state index in [1.54, 1.807) is 5.19 Å². The lowest BCUT2D eigenvalue weighted by atomic mass is 10.1. The van der Waals surface area contributed by atoms with Crippen molar-refractivity contribution >= 4 is 13.3 Å². The highest BCUT2D eigenvalue weighted by Gasteiger charge is 2.22. The van der Waals surface area contributed by atoms with Gasteiger partial charge in [0.2, 0.25) is 0 Å². The summed E-state index contributed by atoms with van der Waals surface area (Å²) < 4.78 is 0. The Kier molecular flexibility index (Phi) is 11.4. The number of hydrogen-bond donors (Lipinski definition) is 0. The smallest absolute Gasteiger partial charge is 0.0654 e. The summed E-state index contributed by atoms with van der Waals surface area (Å²) in [5.74, 6) is 0. The fourth-order valence-electron chi connectivity index (χ4n) is 3.26. The van der Waals surface area contributed by atoms with Crippen LogP contribution in [0.15, 0.2) is 30.3 Å². The zero-order chi connectivity index (χ0) is 16.8. The van der Waals surface area contributed by atoms with Gasteiger partial charge in [-0.05, 0) is 6.04 Å². The van der Waals surface area contributed by atoms with E-state index >= 15 is 0 Å². The van der Waals surface area contributed by atoms with E-state index in [1.807, 2.05) is 0 Å². The van der Waals surface area contributed by atoms with Crippen LogP contribution in [0.25, 0.3) is 0 Å². The second-order valence-electron chi connectivity index (χ2n) is 7.62. The lowest BCUT2D eigenvalue weighted by molar-refractivity contribution is 0.550. The molecule has 0 aromatic heterocycles. The Morgan fingerprint density at radius 3 is 1.70 bits per heavy atom. The molecule has 0 bridgehead atoms. The maximum Gasteiger partial charge on any atom is 0.0836 e. The van der Waals surface area contributed by atoms with Crippen molar-refractivity contribution in [1.29, 1.82) is 0 Å². The molecule has 131 valence electrons. The molecule has 0 saturated carbocycles. The Labute approximate surface area is 147 Å². The van der Waals surface area contributed by atoms with E-state index in [0.717, 1.165) is 0 Å². The number of rotatable bonds is 14. The Bertz CT molecular complexity index is 369. The molecule has 0 aliphatic heterocycles. The van der Waals surface area contributed by atoms with Gasteiger partial charge < -0.3 is 0 Å². The van der Waals surface area contributed by atoms with Gasteiger partial charge in [-0.2, -0.15) is 0 Å².